The predicted molar refractivity (Wildman–Crippen MR) is 107 cm³/mol. The number of halogens is 3. The minimum Gasteiger partial charge on any atom is -0.347 e. The topological polar surface area (TPSA) is 83.8 Å². The Kier molecular flexibility index (Phi) is 6.49. The number of nitrogens with zero attached hydrogens (tertiary/aromatic N) is 1. The summed E-state index contributed by atoms with van der Waals surface area (Å²) in [7, 11) is 0. The second kappa shape index (κ2) is 8.84. The van der Waals surface area contributed by atoms with Crippen molar-refractivity contribution < 1.29 is 9.18 Å². The highest BCUT2D eigenvalue weighted by atomic mass is 35.5. The Hall–Kier alpha value is -1.93. The van der Waals surface area contributed by atoms with Crippen molar-refractivity contribution in [3.63, 3.8) is 0 Å². The normalized spacial score (nSPS) is 12.1. The summed E-state index contributed by atoms with van der Waals surface area (Å²) in [5.74, 6) is -0.325. The van der Waals surface area contributed by atoms with E-state index in [2.05, 4.69) is 15.5 Å². The third-order valence-electron chi connectivity index (χ3n) is 4.03. The molecule has 0 aliphatic heterocycles. The Balaban J connectivity index is 1.74. The number of hydrogen-bond donors (Lipinski definition) is 3. The summed E-state index contributed by atoms with van der Waals surface area (Å²) >= 11 is 13.4. The number of H-pyrrole nitrogens is 1. The molecule has 1 amide bonds. The summed E-state index contributed by atoms with van der Waals surface area (Å²) in [5, 5.41) is 9.70. The van der Waals surface area contributed by atoms with Gasteiger partial charge in [-0.2, -0.15) is 5.10 Å². The highest BCUT2D eigenvalue weighted by Gasteiger charge is 2.20. The molecule has 0 fully saturated rings. The van der Waals surface area contributed by atoms with Crippen LogP contribution in [0.25, 0.3) is 11.3 Å². The minimum atomic E-state index is -0.325. The van der Waals surface area contributed by atoms with Crippen LogP contribution in [0.15, 0.2) is 36.5 Å². The lowest BCUT2D eigenvalue weighted by Crippen LogP contribution is -2.41. The minimum absolute atomic E-state index is 0.227. The van der Waals surface area contributed by atoms with Crippen molar-refractivity contribution >= 4 is 40.4 Å². The number of nitrogens with one attached hydrogen (secondary N) is 2. The number of alkyl halides is 1. The molecule has 0 bridgehead atoms. The summed E-state index contributed by atoms with van der Waals surface area (Å²) < 4.78 is 13.8. The van der Waals surface area contributed by atoms with Gasteiger partial charge in [-0.1, -0.05) is 23.7 Å². The molecule has 2 aromatic heterocycles. The molecule has 2 heterocycles. The SMILES string of the molecule is NC[C@H](Cc1cccc(F)c1)NC(=O)c1cc(-c2[nH]ncc2CCl)c(Cl)s1. The van der Waals surface area contributed by atoms with E-state index >= 15 is 0 Å². The zero-order chi connectivity index (χ0) is 19.4. The monoisotopic (exact) mass is 426 g/mol. The molecule has 27 heavy (non-hydrogen) atoms. The molecular weight excluding hydrogens is 410 g/mol. The van der Waals surface area contributed by atoms with E-state index in [-0.39, 0.29) is 30.2 Å². The van der Waals surface area contributed by atoms with E-state index in [1.165, 1.54) is 12.1 Å². The van der Waals surface area contributed by atoms with Crippen molar-refractivity contribution in [1.82, 2.24) is 15.5 Å². The molecule has 4 N–H and O–H groups in total. The lowest BCUT2D eigenvalue weighted by atomic mass is 10.1. The van der Waals surface area contributed by atoms with Gasteiger partial charge in [-0.15, -0.1) is 22.9 Å². The standard InChI is InChI=1S/C18H17Cl2FN4OS/c19-7-11-9-23-25-16(11)14-6-15(27-17(14)20)18(26)24-13(8-22)5-10-2-1-3-12(21)4-10/h1-4,6,9,13H,5,7-8,22H2,(H,23,25)(H,24,26)/t13-/m0/s1. The fourth-order valence-electron chi connectivity index (χ4n) is 2.70. The number of rotatable bonds is 7. The highest BCUT2D eigenvalue weighted by molar-refractivity contribution is 7.18. The van der Waals surface area contributed by atoms with E-state index in [4.69, 9.17) is 28.9 Å². The van der Waals surface area contributed by atoms with Crippen molar-refractivity contribution in [1.29, 1.82) is 0 Å². The molecule has 0 saturated heterocycles. The van der Waals surface area contributed by atoms with Gasteiger partial charge in [0, 0.05) is 23.7 Å². The van der Waals surface area contributed by atoms with E-state index in [0.29, 0.717) is 26.9 Å². The number of benzene rings is 1. The van der Waals surface area contributed by atoms with Crippen LogP contribution in [0, 0.1) is 5.82 Å². The largest absolute Gasteiger partial charge is 0.347 e. The first-order chi connectivity index (χ1) is 13.0. The maximum absolute atomic E-state index is 13.3. The van der Waals surface area contributed by atoms with Crippen molar-refractivity contribution in [2.24, 2.45) is 5.73 Å². The van der Waals surface area contributed by atoms with Gasteiger partial charge in [0.25, 0.3) is 5.91 Å². The smallest absolute Gasteiger partial charge is 0.261 e. The molecule has 5 nitrogen and oxygen atoms in total. The Bertz CT molecular complexity index is 943. The van der Waals surface area contributed by atoms with Crippen molar-refractivity contribution in [3.05, 3.63) is 62.7 Å². The van der Waals surface area contributed by atoms with Gasteiger partial charge in [0.05, 0.1) is 22.6 Å². The number of carbonyl (C=O) groups is 1. The highest BCUT2D eigenvalue weighted by Crippen LogP contribution is 2.36. The van der Waals surface area contributed by atoms with Crippen LogP contribution in [-0.4, -0.2) is 28.7 Å². The van der Waals surface area contributed by atoms with Gasteiger partial charge >= 0.3 is 0 Å². The van der Waals surface area contributed by atoms with E-state index < -0.39 is 0 Å². The third kappa shape index (κ3) is 4.68. The summed E-state index contributed by atoms with van der Waals surface area (Å²) in [6.45, 7) is 0.227. The summed E-state index contributed by atoms with van der Waals surface area (Å²) in [6, 6.07) is 7.60. The maximum atomic E-state index is 13.3. The van der Waals surface area contributed by atoms with E-state index in [9.17, 15) is 9.18 Å². The molecule has 0 unspecified atom stereocenters. The zero-order valence-electron chi connectivity index (χ0n) is 14.1. The maximum Gasteiger partial charge on any atom is 0.261 e. The molecule has 0 aliphatic rings. The number of carbonyl (C=O) groups excluding carboxylic acids is 1. The van der Waals surface area contributed by atoms with Crippen LogP contribution in [0.1, 0.15) is 20.8 Å². The number of nitrogens with two attached hydrogens (primary N) is 1. The average Bonchev–Trinajstić information content (AvgIpc) is 3.26. The molecule has 3 aromatic rings. The molecule has 1 atom stereocenters. The molecular formula is C18H17Cl2FN4OS. The molecule has 3 rings (SSSR count). The number of amides is 1. The molecule has 9 heteroatoms. The number of hydrogen-bond acceptors (Lipinski definition) is 4. The van der Waals surface area contributed by atoms with Gasteiger partial charge in [0.1, 0.15) is 10.2 Å². The number of aromatic nitrogens is 2. The fraction of sp³-hybridized carbons (Fsp3) is 0.222. The van der Waals surface area contributed by atoms with Crippen molar-refractivity contribution in [2.45, 2.75) is 18.3 Å². The molecule has 0 spiro atoms. The van der Waals surface area contributed by atoms with Crippen LogP contribution >= 0.6 is 34.5 Å². The second-order valence-corrected chi connectivity index (χ2v) is 7.86. The van der Waals surface area contributed by atoms with Crippen LogP contribution in [-0.2, 0) is 12.3 Å². The molecule has 142 valence electrons. The first-order valence-electron chi connectivity index (χ1n) is 8.15. The van der Waals surface area contributed by atoms with Gasteiger partial charge in [-0.05, 0) is 30.2 Å². The molecule has 0 saturated carbocycles. The Labute approximate surface area is 169 Å². The van der Waals surface area contributed by atoms with Crippen LogP contribution in [0.3, 0.4) is 0 Å². The summed E-state index contributed by atoms with van der Waals surface area (Å²) in [6.07, 6.45) is 2.06. The van der Waals surface area contributed by atoms with E-state index in [1.54, 1.807) is 24.4 Å². The van der Waals surface area contributed by atoms with Crippen molar-refractivity contribution in [2.75, 3.05) is 6.54 Å². The lowest BCUT2D eigenvalue weighted by Gasteiger charge is -2.16. The van der Waals surface area contributed by atoms with E-state index in [1.807, 2.05) is 0 Å². The van der Waals surface area contributed by atoms with Gasteiger partial charge in [0.2, 0.25) is 0 Å². The Morgan fingerprint density at radius 2 is 2.22 bits per heavy atom. The summed E-state index contributed by atoms with van der Waals surface area (Å²) in [4.78, 5) is 13.1. The third-order valence-corrected chi connectivity index (χ3v) is 5.68. The summed E-state index contributed by atoms with van der Waals surface area (Å²) in [5.41, 5.74) is 8.71. The van der Waals surface area contributed by atoms with Crippen LogP contribution in [0.5, 0.6) is 0 Å². The fourth-order valence-corrected chi connectivity index (χ4v) is 4.09. The molecule has 0 radical (unpaired) electrons. The Morgan fingerprint density at radius 1 is 1.41 bits per heavy atom. The zero-order valence-corrected chi connectivity index (χ0v) is 16.5. The van der Waals surface area contributed by atoms with Crippen molar-refractivity contribution in [3.8, 4) is 11.3 Å². The quantitative estimate of drug-likeness (QED) is 0.499. The van der Waals surface area contributed by atoms with Gasteiger partial charge in [-0.25, -0.2) is 4.39 Å². The lowest BCUT2D eigenvalue weighted by molar-refractivity contribution is 0.0942. The van der Waals surface area contributed by atoms with E-state index in [0.717, 1.165) is 22.5 Å². The number of aromatic amines is 1. The van der Waals surface area contributed by atoms with Crippen LogP contribution < -0.4 is 11.1 Å². The first-order valence-corrected chi connectivity index (χ1v) is 9.88. The number of thiophene rings is 1. The van der Waals surface area contributed by atoms with Gasteiger partial charge in [0.15, 0.2) is 0 Å². The van der Waals surface area contributed by atoms with Crippen LogP contribution in [0.4, 0.5) is 4.39 Å². The van der Waals surface area contributed by atoms with Crippen LogP contribution in [0.2, 0.25) is 4.34 Å². The average molecular weight is 427 g/mol. The first kappa shape index (κ1) is 19.8. The molecule has 1 aromatic carbocycles. The van der Waals surface area contributed by atoms with Gasteiger partial charge in [-0.3, -0.25) is 9.89 Å². The van der Waals surface area contributed by atoms with Gasteiger partial charge < -0.3 is 11.1 Å². The molecule has 0 aliphatic carbocycles. The Morgan fingerprint density at radius 3 is 2.93 bits per heavy atom. The second-order valence-electron chi connectivity index (χ2n) is 5.94. The predicted octanol–water partition coefficient (Wildman–Crippen LogP) is 3.97.